The Kier molecular flexibility index (Phi) is 5.01. The largest absolute Gasteiger partial charge is 0.508 e. The molecule has 0 aliphatic rings. The molecular formula is C12H13F3N2O4. The molecule has 2 amide bonds. The van der Waals surface area contributed by atoms with Crippen LogP contribution < -0.4 is 4.90 Å². The minimum absolute atomic E-state index is 0.0720. The Morgan fingerprint density at radius 3 is 2.14 bits per heavy atom. The summed E-state index contributed by atoms with van der Waals surface area (Å²) >= 11 is 0. The molecule has 0 saturated heterocycles. The number of phenols is 1. The Hall–Kier alpha value is -2.45. The third-order valence-electron chi connectivity index (χ3n) is 2.49. The summed E-state index contributed by atoms with van der Waals surface area (Å²) in [4.78, 5) is 23.6. The highest BCUT2D eigenvalue weighted by atomic mass is 19.4. The zero-order valence-corrected chi connectivity index (χ0v) is 11.0. The van der Waals surface area contributed by atoms with Gasteiger partial charge in [0.15, 0.2) is 0 Å². The van der Waals surface area contributed by atoms with Crippen LogP contribution in [-0.2, 0) is 4.79 Å². The van der Waals surface area contributed by atoms with Gasteiger partial charge in [0.2, 0.25) is 0 Å². The number of phenolic OH excluding ortho intramolecular Hbond substituents is 1. The molecule has 116 valence electrons. The van der Waals surface area contributed by atoms with Gasteiger partial charge in [0.1, 0.15) is 18.8 Å². The number of hydrogen-bond donors (Lipinski definition) is 2. The number of aromatic hydroxyl groups is 1. The number of urea groups is 1. The number of hydrogen-bond acceptors (Lipinski definition) is 3. The number of carboxylic acids is 1. The van der Waals surface area contributed by atoms with Crippen LogP contribution in [0, 0.1) is 0 Å². The summed E-state index contributed by atoms with van der Waals surface area (Å²) < 4.78 is 37.2. The quantitative estimate of drug-likeness (QED) is 0.890. The van der Waals surface area contributed by atoms with Crippen molar-refractivity contribution < 1.29 is 33.0 Å². The molecule has 0 saturated carbocycles. The van der Waals surface area contributed by atoms with Crippen molar-refractivity contribution >= 4 is 17.7 Å². The topological polar surface area (TPSA) is 81.1 Å². The van der Waals surface area contributed by atoms with Crippen molar-refractivity contribution in [3.63, 3.8) is 0 Å². The van der Waals surface area contributed by atoms with E-state index in [1.807, 2.05) is 0 Å². The molecule has 0 spiro atoms. The van der Waals surface area contributed by atoms with Crippen molar-refractivity contribution in [1.29, 1.82) is 0 Å². The second-order valence-electron chi connectivity index (χ2n) is 4.22. The maximum atomic E-state index is 12.4. The van der Waals surface area contributed by atoms with Crippen molar-refractivity contribution in [1.82, 2.24) is 4.90 Å². The van der Waals surface area contributed by atoms with Crippen LogP contribution in [-0.4, -0.2) is 53.4 Å². The molecule has 1 aromatic rings. The highest BCUT2D eigenvalue weighted by Gasteiger charge is 2.35. The standard InChI is InChI=1S/C12H13F3N2O4/c1-16(8-2-4-9(18)5-3-8)11(21)17(6-10(19)20)7-12(13,14)15/h2-5,18H,6-7H2,1H3,(H,19,20). The molecule has 0 aliphatic carbocycles. The SMILES string of the molecule is CN(C(=O)N(CC(=O)O)CC(F)(F)F)c1ccc(O)cc1. The van der Waals surface area contributed by atoms with Gasteiger partial charge in [0.05, 0.1) is 0 Å². The van der Waals surface area contributed by atoms with Crippen molar-refractivity contribution in [2.45, 2.75) is 6.18 Å². The Morgan fingerprint density at radius 1 is 1.19 bits per heavy atom. The first-order chi connectivity index (χ1) is 9.60. The maximum absolute atomic E-state index is 12.4. The van der Waals surface area contributed by atoms with Gasteiger partial charge in [-0.25, -0.2) is 4.79 Å². The Morgan fingerprint density at radius 2 is 1.71 bits per heavy atom. The van der Waals surface area contributed by atoms with E-state index < -0.39 is 31.3 Å². The third-order valence-corrected chi connectivity index (χ3v) is 2.49. The zero-order valence-electron chi connectivity index (χ0n) is 11.0. The summed E-state index contributed by atoms with van der Waals surface area (Å²) in [6, 6.07) is 4.04. The third kappa shape index (κ3) is 5.21. The van der Waals surface area contributed by atoms with Crippen LogP contribution in [0.2, 0.25) is 0 Å². The number of halogens is 3. The predicted molar refractivity (Wildman–Crippen MR) is 67.2 cm³/mol. The molecule has 2 N–H and O–H groups in total. The molecule has 0 bridgehead atoms. The highest BCUT2D eigenvalue weighted by Crippen LogP contribution is 2.21. The van der Waals surface area contributed by atoms with Crippen LogP contribution in [0.3, 0.4) is 0 Å². The number of alkyl halides is 3. The van der Waals surface area contributed by atoms with Gasteiger partial charge in [-0.05, 0) is 24.3 Å². The number of rotatable bonds is 4. The highest BCUT2D eigenvalue weighted by molar-refractivity contribution is 5.93. The first kappa shape index (κ1) is 16.6. The lowest BCUT2D eigenvalue weighted by Gasteiger charge is -2.27. The van der Waals surface area contributed by atoms with E-state index in [1.165, 1.54) is 31.3 Å². The molecule has 0 heterocycles. The van der Waals surface area contributed by atoms with Crippen LogP contribution in [0.5, 0.6) is 5.75 Å². The number of anilines is 1. The maximum Gasteiger partial charge on any atom is 0.406 e. The molecule has 0 radical (unpaired) electrons. The fourth-order valence-electron chi connectivity index (χ4n) is 1.57. The smallest absolute Gasteiger partial charge is 0.406 e. The number of nitrogens with zero attached hydrogens (tertiary/aromatic N) is 2. The number of carbonyl (C=O) groups is 2. The van der Waals surface area contributed by atoms with Crippen LogP contribution in [0.15, 0.2) is 24.3 Å². The summed E-state index contributed by atoms with van der Waals surface area (Å²) in [7, 11) is 1.21. The van der Waals surface area contributed by atoms with E-state index in [9.17, 15) is 22.8 Å². The van der Waals surface area contributed by atoms with Gasteiger partial charge in [-0.15, -0.1) is 0 Å². The summed E-state index contributed by atoms with van der Waals surface area (Å²) in [6.07, 6.45) is -4.71. The molecular weight excluding hydrogens is 293 g/mol. The van der Waals surface area contributed by atoms with Crippen LogP contribution in [0.1, 0.15) is 0 Å². The molecule has 6 nitrogen and oxygen atoms in total. The Labute approximate surface area is 118 Å². The molecule has 0 aromatic heterocycles. The lowest BCUT2D eigenvalue weighted by Crippen LogP contribution is -2.47. The minimum atomic E-state index is -4.71. The number of amides is 2. The molecule has 0 fully saturated rings. The van der Waals surface area contributed by atoms with E-state index >= 15 is 0 Å². The van der Waals surface area contributed by atoms with E-state index in [0.717, 1.165) is 4.90 Å². The van der Waals surface area contributed by atoms with Gasteiger partial charge < -0.3 is 15.1 Å². The summed E-state index contributed by atoms with van der Waals surface area (Å²) in [5.41, 5.74) is 0.218. The number of benzene rings is 1. The van der Waals surface area contributed by atoms with E-state index in [1.54, 1.807) is 0 Å². The molecule has 9 heteroatoms. The number of aliphatic carboxylic acids is 1. The normalized spacial score (nSPS) is 11.0. The second kappa shape index (κ2) is 6.33. The average Bonchev–Trinajstić information content (AvgIpc) is 2.35. The molecule has 1 aromatic carbocycles. The van der Waals surface area contributed by atoms with Gasteiger partial charge in [0, 0.05) is 12.7 Å². The fraction of sp³-hybridized carbons (Fsp3) is 0.333. The van der Waals surface area contributed by atoms with Crippen molar-refractivity contribution in [3.05, 3.63) is 24.3 Å². The first-order valence-electron chi connectivity index (χ1n) is 5.70. The van der Waals surface area contributed by atoms with E-state index in [2.05, 4.69) is 0 Å². The first-order valence-corrected chi connectivity index (χ1v) is 5.70. The molecule has 21 heavy (non-hydrogen) atoms. The molecule has 0 atom stereocenters. The van der Waals surface area contributed by atoms with Gasteiger partial charge in [0.25, 0.3) is 0 Å². The van der Waals surface area contributed by atoms with Crippen LogP contribution >= 0.6 is 0 Å². The zero-order chi connectivity index (χ0) is 16.2. The lowest BCUT2D eigenvalue weighted by molar-refractivity contribution is -0.148. The summed E-state index contributed by atoms with van der Waals surface area (Å²) in [6.45, 7) is -2.73. The minimum Gasteiger partial charge on any atom is -0.508 e. The van der Waals surface area contributed by atoms with Gasteiger partial charge in [-0.3, -0.25) is 9.69 Å². The van der Waals surface area contributed by atoms with Crippen LogP contribution in [0.25, 0.3) is 0 Å². The summed E-state index contributed by atoms with van der Waals surface area (Å²) in [5, 5.41) is 17.7. The van der Waals surface area contributed by atoms with Gasteiger partial charge >= 0.3 is 18.2 Å². The monoisotopic (exact) mass is 306 g/mol. The van der Waals surface area contributed by atoms with E-state index in [0.29, 0.717) is 0 Å². The number of carboxylic acid groups (broad SMARTS) is 1. The van der Waals surface area contributed by atoms with E-state index in [4.69, 9.17) is 10.2 Å². The fourth-order valence-corrected chi connectivity index (χ4v) is 1.57. The van der Waals surface area contributed by atoms with E-state index in [-0.39, 0.29) is 16.3 Å². The molecule has 0 aliphatic heterocycles. The lowest BCUT2D eigenvalue weighted by atomic mass is 10.3. The van der Waals surface area contributed by atoms with Crippen molar-refractivity contribution in [3.8, 4) is 5.75 Å². The predicted octanol–water partition coefficient (Wildman–Crippen LogP) is 1.90. The van der Waals surface area contributed by atoms with Gasteiger partial charge in [-0.1, -0.05) is 0 Å². The Bertz CT molecular complexity index is 516. The second-order valence-corrected chi connectivity index (χ2v) is 4.22. The molecule has 0 unspecified atom stereocenters. The van der Waals surface area contributed by atoms with Crippen LogP contribution in [0.4, 0.5) is 23.7 Å². The Balaban J connectivity index is 2.92. The average molecular weight is 306 g/mol. The van der Waals surface area contributed by atoms with Crippen molar-refractivity contribution in [2.24, 2.45) is 0 Å². The van der Waals surface area contributed by atoms with Crippen molar-refractivity contribution in [2.75, 3.05) is 25.0 Å². The summed E-state index contributed by atoms with van der Waals surface area (Å²) in [5.74, 6) is -1.62. The number of carbonyl (C=O) groups excluding carboxylic acids is 1. The molecule has 1 rings (SSSR count). The van der Waals surface area contributed by atoms with Gasteiger partial charge in [-0.2, -0.15) is 13.2 Å².